The Balaban J connectivity index is 1.72. The highest BCUT2D eigenvalue weighted by Crippen LogP contribution is 2.28. The predicted molar refractivity (Wildman–Crippen MR) is 148 cm³/mol. The molecule has 0 saturated carbocycles. The third-order valence-electron chi connectivity index (χ3n) is 6.23. The molecule has 0 bridgehead atoms. The van der Waals surface area contributed by atoms with E-state index in [1.54, 1.807) is 0 Å². The maximum atomic E-state index is 10.3. The topological polar surface area (TPSA) is 91.6 Å². The van der Waals surface area contributed by atoms with Crippen LogP contribution in [0.15, 0.2) is 110 Å². The second-order valence-corrected chi connectivity index (χ2v) is 8.68. The van der Waals surface area contributed by atoms with Crippen molar-refractivity contribution in [2.75, 3.05) is 26.3 Å². The zero-order valence-corrected chi connectivity index (χ0v) is 20.8. The molecule has 7 nitrogen and oxygen atoms in total. The van der Waals surface area contributed by atoms with E-state index < -0.39 is 0 Å². The van der Waals surface area contributed by atoms with Gasteiger partial charge in [0, 0.05) is 24.9 Å². The molecule has 1 aliphatic rings. The SMILES string of the molecule is O/C=C(/c1ccccc1)c1nc(/C(=C\N2CCOCC2)c2ccccc2)nc(/C(=C/O)c2ccccc2)n1. The van der Waals surface area contributed by atoms with Crippen LogP contribution in [0.4, 0.5) is 0 Å². The van der Waals surface area contributed by atoms with Gasteiger partial charge in [-0.1, -0.05) is 91.0 Å². The summed E-state index contributed by atoms with van der Waals surface area (Å²) in [6.07, 6.45) is 4.07. The molecule has 38 heavy (non-hydrogen) atoms. The Labute approximate surface area is 221 Å². The van der Waals surface area contributed by atoms with E-state index in [-0.39, 0.29) is 11.6 Å². The number of aliphatic hydroxyl groups excluding tert-OH is 2. The molecule has 2 N–H and O–H groups in total. The summed E-state index contributed by atoms with van der Waals surface area (Å²) in [7, 11) is 0. The summed E-state index contributed by atoms with van der Waals surface area (Å²) in [5, 5.41) is 20.6. The predicted octanol–water partition coefficient (Wildman–Crippen LogP) is 5.49. The fraction of sp³-hybridized carbons (Fsp3) is 0.129. The van der Waals surface area contributed by atoms with Crippen molar-refractivity contribution < 1.29 is 14.9 Å². The molecule has 5 rings (SSSR count). The van der Waals surface area contributed by atoms with Crippen LogP contribution in [-0.2, 0) is 4.74 Å². The van der Waals surface area contributed by atoms with Crippen LogP contribution in [0.2, 0.25) is 0 Å². The number of rotatable bonds is 7. The zero-order chi connectivity index (χ0) is 26.2. The van der Waals surface area contributed by atoms with E-state index in [1.807, 2.05) is 91.0 Å². The lowest BCUT2D eigenvalue weighted by molar-refractivity contribution is 0.0596. The van der Waals surface area contributed by atoms with E-state index in [4.69, 9.17) is 19.7 Å². The molecular weight excluding hydrogens is 476 g/mol. The molecular formula is C31H28N4O3. The van der Waals surface area contributed by atoms with E-state index in [1.165, 1.54) is 0 Å². The molecule has 3 aromatic carbocycles. The summed E-state index contributed by atoms with van der Waals surface area (Å²) < 4.78 is 5.54. The van der Waals surface area contributed by atoms with Crippen molar-refractivity contribution in [2.24, 2.45) is 0 Å². The van der Waals surface area contributed by atoms with E-state index in [0.29, 0.717) is 30.2 Å². The second kappa shape index (κ2) is 12.0. The summed E-state index contributed by atoms with van der Waals surface area (Å²) in [4.78, 5) is 16.6. The molecule has 0 amide bonds. The summed E-state index contributed by atoms with van der Waals surface area (Å²) in [5.41, 5.74) is 4.13. The largest absolute Gasteiger partial charge is 0.515 e. The molecule has 0 spiro atoms. The van der Waals surface area contributed by atoms with Crippen LogP contribution in [0.1, 0.15) is 34.2 Å². The van der Waals surface area contributed by atoms with Crippen molar-refractivity contribution in [3.05, 3.63) is 144 Å². The number of ether oxygens (including phenoxy) is 1. The Morgan fingerprint density at radius 2 is 0.947 bits per heavy atom. The van der Waals surface area contributed by atoms with Crippen molar-refractivity contribution in [3.8, 4) is 0 Å². The van der Waals surface area contributed by atoms with Crippen molar-refractivity contribution in [3.63, 3.8) is 0 Å². The number of aliphatic hydroxyl groups is 2. The average molecular weight is 505 g/mol. The number of morpholine rings is 1. The third-order valence-corrected chi connectivity index (χ3v) is 6.23. The van der Waals surface area contributed by atoms with Gasteiger partial charge in [0.05, 0.1) is 36.9 Å². The lowest BCUT2D eigenvalue weighted by atomic mass is 10.0. The van der Waals surface area contributed by atoms with Gasteiger partial charge in [0.2, 0.25) is 0 Å². The minimum atomic E-state index is 0.290. The van der Waals surface area contributed by atoms with Gasteiger partial charge in [-0.3, -0.25) is 0 Å². The first kappa shape index (κ1) is 24.9. The molecule has 7 heteroatoms. The molecule has 0 aliphatic carbocycles. The van der Waals surface area contributed by atoms with E-state index >= 15 is 0 Å². The number of hydrogen-bond acceptors (Lipinski definition) is 7. The fourth-order valence-electron chi connectivity index (χ4n) is 4.26. The molecule has 1 saturated heterocycles. The molecule has 4 aromatic rings. The molecule has 2 heterocycles. The lowest BCUT2D eigenvalue weighted by Gasteiger charge is -2.26. The Morgan fingerprint density at radius 1 is 0.579 bits per heavy atom. The van der Waals surface area contributed by atoms with Crippen molar-refractivity contribution in [1.82, 2.24) is 19.9 Å². The van der Waals surface area contributed by atoms with Gasteiger partial charge in [-0.25, -0.2) is 15.0 Å². The summed E-state index contributed by atoms with van der Waals surface area (Å²) in [6.45, 7) is 2.78. The maximum Gasteiger partial charge on any atom is 0.167 e. The third kappa shape index (κ3) is 5.63. The van der Waals surface area contributed by atoms with Crippen molar-refractivity contribution in [1.29, 1.82) is 0 Å². The summed E-state index contributed by atoms with van der Waals surface area (Å²) in [6, 6.07) is 28.8. The van der Waals surface area contributed by atoms with Gasteiger partial charge in [0.25, 0.3) is 0 Å². The van der Waals surface area contributed by atoms with Crippen LogP contribution < -0.4 is 0 Å². The van der Waals surface area contributed by atoms with Crippen molar-refractivity contribution >= 4 is 16.7 Å². The Kier molecular flexibility index (Phi) is 7.86. The minimum Gasteiger partial charge on any atom is -0.515 e. The lowest BCUT2D eigenvalue weighted by Crippen LogP contribution is -2.32. The second-order valence-electron chi connectivity index (χ2n) is 8.68. The molecule has 1 aliphatic heterocycles. The number of hydrogen-bond donors (Lipinski definition) is 2. The van der Waals surface area contributed by atoms with Gasteiger partial charge < -0.3 is 19.8 Å². The first-order valence-electron chi connectivity index (χ1n) is 12.4. The van der Waals surface area contributed by atoms with Crippen LogP contribution in [0.25, 0.3) is 16.7 Å². The van der Waals surface area contributed by atoms with Gasteiger partial charge in [-0.05, 0) is 16.7 Å². The average Bonchev–Trinajstić information content (AvgIpc) is 2.99. The molecule has 0 radical (unpaired) electrons. The van der Waals surface area contributed by atoms with E-state index in [2.05, 4.69) is 11.1 Å². The van der Waals surface area contributed by atoms with Crippen LogP contribution >= 0.6 is 0 Å². The highest BCUT2D eigenvalue weighted by Gasteiger charge is 2.20. The van der Waals surface area contributed by atoms with Crippen LogP contribution in [0, 0.1) is 0 Å². The quantitative estimate of drug-likeness (QED) is 0.322. The number of benzene rings is 3. The van der Waals surface area contributed by atoms with Gasteiger partial charge in [0.1, 0.15) is 0 Å². The highest BCUT2D eigenvalue weighted by atomic mass is 16.5. The van der Waals surface area contributed by atoms with E-state index in [0.717, 1.165) is 47.9 Å². The van der Waals surface area contributed by atoms with Gasteiger partial charge in [-0.2, -0.15) is 0 Å². The maximum absolute atomic E-state index is 10.3. The van der Waals surface area contributed by atoms with Gasteiger partial charge >= 0.3 is 0 Å². The van der Waals surface area contributed by atoms with E-state index in [9.17, 15) is 10.2 Å². The highest BCUT2D eigenvalue weighted by molar-refractivity contribution is 5.82. The molecule has 0 unspecified atom stereocenters. The number of aromatic nitrogens is 3. The fourth-order valence-corrected chi connectivity index (χ4v) is 4.26. The van der Waals surface area contributed by atoms with Gasteiger partial charge in [0.15, 0.2) is 17.5 Å². The molecule has 190 valence electrons. The van der Waals surface area contributed by atoms with Crippen LogP contribution in [0.3, 0.4) is 0 Å². The standard InChI is InChI=1S/C31H28N4O3/c36-21-27(24-12-6-2-7-13-24)30-32-29(33-31(34-30)28(22-37)25-14-8-3-9-15-25)26(23-10-4-1-5-11-23)20-35-16-18-38-19-17-35/h1-15,20-22,36-37H,16-19H2/b26-20-,27-21-,28-22+. The molecule has 1 aromatic heterocycles. The molecule has 0 atom stereocenters. The Bertz CT molecular complexity index is 1370. The van der Waals surface area contributed by atoms with Crippen molar-refractivity contribution in [2.45, 2.75) is 0 Å². The first-order chi connectivity index (χ1) is 18.8. The van der Waals surface area contributed by atoms with Crippen LogP contribution in [-0.4, -0.2) is 56.4 Å². The van der Waals surface area contributed by atoms with Crippen LogP contribution in [0.5, 0.6) is 0 Å². The zero-order valence-electron chi connectivity index (χ0n) is 20.8. The smallest absolute Gasteiger partial charge is 0.167 e. The summed E-state index contributed by atoms with van der Waals surface area (Å²) >= 11 is 0. The molecule has 1 fully saturated rings. The first-order valence-corrected chi connectivity index (χ1v) is 12.4. The van der Waals surface area contributed by atoms with Gasteiger partial charge in [-0.15, -0.1) is 0 Å². The Hall–Kier alpha value is -4.75. The Morgan fingerprint density at radius 3 is 1.34 bits per heavy atom. The minimum absolute atomic E-state index is 0.290. The monoisotopic (exact) mass is 504 g/mol. The summed E-state index contributed by atoms with van der Waals surface area (Å²) in [5.74, 6) is 1.00. The number of nitrogens with zero attached hydrogens (tertiary/aromatic N) is 4. The normalized spacial score (nSPS) is 14.9.